The number of carbonyl (C=O) groups is 2. The Hall–Kier alpha value is -2.09. The topological polar surface area (TPSA) is 34.1 Å². The van der Waals surface area contributed by atoms with Crippen molar-refractivity contribution >= 4 is 53.4 Å². The monoisotopic (exact) mass is 400 g/mol. The van der Waals surface area contributed by atoms with Gasteiger partial charge in [-0.1, -0.05) is 91.0 Å². The molecule has 0 fully saturated rings. The minimum atomic E-state index is -0.446. The van der Waals surface area contributed by atoms with Gasteiger partial charge >= 0.3 is 0 Å². The van der Waals surface area contributed by atoms with Gasteiger partial charge in [0, 0.05) is 0 Å². The molecule has 0 aliphatic rings. The third kappa shape index (κ3) is 5.84. The fourth-order valence-corrected chi connectivity index (χ4v) is 4.48. The van der Waals surface area contributed by atoms with Crippen LogP contribution in [-0.4, -0.2) is 12.6 Å². The van der Waals surface area contributed by atoms with Gasteiger partial charge in [-0.15, -0.1) is 17.0 Å². The molecule has 0 N–H and O–H groups in total. The Morgan fingerprint density at radius 2 is 0.750 bits per heavy atom. The lowest BCUT2D eigenvalue weighted by molar-refractivity contribution is -0.122. The minimum absolute atomic E-state index is 0. The van der Waals surface area contributed by atoms with Crippen LogP contribution in [0.1, 0.15) is 0 Å². The van der Waals surface area contributed by atoms with Crippen molar-refractivity contribution in [3.05, 3.63) is 91.0 Å². The van der Waals surface area contributed by atoms with Crippen LogP contribution in [0.4, 0.5) is 0 Å². The third-order valence-electron chi connectivity index (χ3n) is 3.10. The fraction of sp³-hybridized carbons (Fsp3) is 0. The van der Waals surface area contributed by atoms with Gasteiger partial charge in [0.15, 0.2) is 12.6 Å². The molecule has 0 saturated carbocycles. The molecule has 0 aromatic heterocycles. The highest BCUT2D eigenvalue weighted by atomic mass is 79.9. The van der Waals surface area contributed by atoms with Crippen LogP contribution in [-0.2, 0) is 9.59 Å². The average molecular weight is 401 g/mol. The second-order valence-electron chi connectivity index (χ2n) is 4.61. The summed E-state index contributed by atoms with van der Waals surface area (Å²) in [5, 5.41) is 4.19. The van der Waals surface area contributed by atoms with Crippen LogP contribution in [0.25, 0.3) is 0 Å². The van der Waals surface area contributed by atoms with Crippen LogP contribution >= 0.6 is 24.9 Å². The predicted octanol–water partition coefficient (Wildman–Crippen LogP) is 3.41. The van der Waals surface area contributed by atoms with E-state index in [1.807, 2.05) is 0 Å². The standard InChI is InChI=1S/C18H15P.C2H2O2.BrH/c1-4-10-16(11-5-1)19(17-12-6-2-7-13-17)18-14-8-3-9-15-18;3-1-2-4;/h1-15H;1-2H;1H. The summed E-state index contributed by atoms with van der Waals surface area (Å²) in [7, 11) is -0.446. The minimum Gasteiger partial charge on any atom is -0.295 e. The van der Waals surface area contributed by atoms with Crippen molar-refractivity contribution in [2.45, 2.75) is 0 Å². The smallest absolute Gasteiger partial charge is 0.182 e. The van der Waals surface area contributed by atoms with E-state index < -0.39 is 7.92 Å². The summed E-state index contributed by atoms with van der Waals surface area (Å²) >= 11 is 0. The Labute approximate surface area is 154 Å². The summed E-state index contributed by atoms with van der Waals surface area (Å²) in [5.74, 6) is 0. The highest BCUT2D eigenvalue weighted by molar-refractivity contribution is 8.93. The first kappa shape index (κ1) is 20.0. The molecule has 0 aliphatic heterocycles. The molecule has 0 heterocycles. The predicted molar refractivity (Wildman–Crippen MR) is 108 cm³/mol. The summed E-state index contributed by atoms with van der Waals surface area (Å²) in [4.78, 5) is 17.6. The lowest BCUT2D eigenvalue weighted by Gasteiger charge is -2.18. The second kappa shape index (κ2) is 11.4. The van der Waals surface area contributed by atoms with E-state index in [1.54, 1.807) is 0 Å². The Morgan fingerprint density at radius 1 is 0.500 bits per heavy atom. The van der Waals surface area contributed by atoms with E-state index in [0.717, 1.165) is 0 Å². The first-order valence-electron chi connectivity index (χ1n) is 7.21. The van der Waals surface area contributed by atoms with Crippen molar-refractivity contribution < 1.29 is 9.59 Å². The van der Waals surface area contributed by atoms with Gasteiger partial charge in [0.25, 0.3) is 0 Å². The molecule has 0 amide bonds. The molecule has 3 rings (SSSR count). The summed E-state index contributed by atoms with van der Waals surface area (Å²) in [6.45, 7) is 0. The molecular formula is C20H18BrO2P. The van der Waals surface area contributed by atoms with Crippen molar-refractivity contribution in [3.8, 4) is 0 Å². The van der Waals surface area contributed by atoms with Gasteiger partial charge in [0.1, 0.15) is 0 Å². The maximum absolute atomic E-state index is 8.81. The van der Waals surface area contributed by atoms with E-state index >= 15 is 0 Å². The van der Waals surface area contributed by atoms with Crippen LogP contribution in [0.2, 0.25) is 0 Å². The zero-order chi connectivity index (χ0) is 16.3. The van der Waals surface area contributed by atoms with Crippen molar-refractivity contribution in [3.63, 3.8) is 0 Å². The number of aldehydes is 2. The van der Waals surface area contributed by atoms with Crippen molar-refractivity contribution in [1.29, 1.82) is 0 Å². The van der Waals surface area contributed by atoms with Crippen LogP contribution in [0.5, 0.6) is 0 Å². The molecule has 122 valence electrons. The maximum Gasteiger partial charge on any atom is 0.182 e. The van der Waals surface area contributed by atoms with Crippen LogP contribution < -0.4 is 15.9 Å². The van der Waals surface area contributed by atoms with Gasteiger partial charge in [-0.3, -0.25) is 9.59 Å². The van der Waals surface area contributed by atoms with E-state index in [-0.39, 0.29) is 29.6 Å². The molecule has 0 radical (unpaired) electrons. The molecule has 0 saturated heterocycles. The maximum atomic E-state index is 8.81. The van der Waals surface area contributed by atoms with Gasteiger partial charge in [0.05, 0.1) is 0 Å². The molecule has 24 heavy (non-hydrogen) atoms. The van der Waals surface area contributed by atoms with Crippen molar-refractivity contribution in [2.24, 2.45) is 0 Å². The molecule has 3 aromatic rings. The van der Waals surface area contributed by atoms with E-state index in [0.29, 0.717) is 0 Å². The molecule has 0 bridgehead atoms. The molecular weight excluding hydrogens is 383 g/mol. The Balaban J connectivity index is 0.000000522. The lowest BCUT2D eigenvalue weighted by Crippen LogP contribution is -2.20. The number of halogens is 1. The van der Waals surface area contributed by atoms with Gasteiger partial charge in [-0.05, 0) is 23.8 Å². The Kier molecular flexibility index (Phi) is 9.52. The SMILES string of the molecule is Br.O=CC=O.c1ccc(P(c2ccccc2)c2ccccc2)cc1. The number of rotatable bonds is 4. The molecule has 4 heteroatoms. The lowest BCUT2D eigenvalue weighted by atomic mass is 10.4. The van der Waals surface area contributed by atoms with Gasteiger partial charge in [-0.25, -0.2) is 0 Å². The molecule has 0 atom stereocenters. The normalized spacial score (nSPS) is 9.21. The summed E-state index contributed by atoms with van der Waals surface area (Å²) in [5.41, 5.74) is 0. The van der Waals surface area contributed by atoms with Crippen molar-refractivity contribution in [1.82, 2.24) is 0 Å². The second-order valence-corrected chi connectivity index (χ2v) is 6.83. The number of hydrogen-bond acceptors (Lipinski definition) is 2. The molecule has 0 spiro atoms. The van der Waals surface area contributed by atoms with E-state index in [9.17, 15) is 0 Å². The summed E-state index contributed by atoms with van der Waals surface area (Å²) in [6, 6.07) is 32.3. The van der Waals surface area contributed by atoms with Crippen molar-refractivity contribution in [2.75, 3.05) is 0 Å². The largest absolute Gasteiger partial charge is 0.295 e. The van der Waals surface area contributed by atoms with Crippen LogP contribution in [0.15, 0.2) is 91.0 Å². The van der Waals surface area contributed by atoms with E-state index in [2.05, 4.69) is 91.0 Å². The molecule has 0 aliphatic carbocycles. The number of benzene rings is 3. The molecule has 3 aromatic carbocycles. The average Bonchev–Trinajstić information content (AvgIpc) is 2.65. The highest BCUT2D eigenvalue weighted by Gasteiger charge is 2.14. The first-order chi connectivity index (χ1) is 11.4. The number of hydrogen-bond donors (Lipinski definition) is 0. The number of carbonyl (C=O) groups excluding carboxylic acids is 2. The van der Waals surface area contributed by atoms with E-state index in [4.69, 9.17) is 9.59 Å². The highest BCUT2D eigenvalue weighted by Crippen LogP contribution is 2.32. The fourth-order valence-electron chi connectivity index (χ4n) is 2.18. The first-order valence-corrected chi connectivity index (χ1v) is 8.55. The zero-order valence-electron chi connectivity index (χ0n) is 13.0. The third-order valence-corrected chi connectivity index (χ3v) is 5.54. The molecule has 0 unspecified atom stereocenters. The van der Waals surface area contributed by atoms with Crippen LogP contribution in [0.3, 0.4) is 0 Å². The van der Waals surface area contributed by atoms with Gasteiger partial charge < -0.3 is 0 Å². The van der Waals surface area contributed by atoms with Crippen LogP contribution in [0, 0.1) is 0 Å². The Bertz CT molecular complexity index is 618. The van der Waals surface area contributed by atoms with E-state index in [1.165, 1.54) is 15.9 Å². The summed E-state index contributed by atoms with van der Waals surface area (Å²) < 4.78 is 0. The Morgan fingerprint density at radius 3 is 0.958 bits per heavy atom. The van der Waals surface area contributed by atoms with Gasteiger partial charge in [0.2, 0.25) is 0 Å². The van der Waals surface area contributed by atoms with Gasteiger partial charge in [-0.2, -0.15) is 0 Å². The zero-order valence-corrected chi connectivity index (χ0v) is 15.6. The molecule has 2 nitrogen and oxygen atoms in total. The quantitative estimate of drug-likeness (QED) is 0.382. The summed E-state index contributed by atoms with van der Waals surface area (Å²) in [6.07, 6.45) is 0.389.